The minimum absolute atomic E-state index is 0.0221. The van der Waals surface area contributed by atoms with E-state index in [1.165, 1.54) is 7.11 Å². The van der Waals surface area contributed by atoms with Gasteiger partial charge in [-0.3, -0.25) is 10.1 Å². The number of carboxylic acid groups (broad SMARTS) is 1. The first-order chi connectivity index (χ1) is 8.04. The zero-order valence-corrected chi connectivity index (χ0v) is 10.4. The summed E-state index contributed by atoms with van der Waals surface area (Å²) in [5.41, 5.74) is 2.24. The first-order valence-electron chi connectivity index (χ1n) is 5.59. The van der Waals surface area contributed by atoms with Gasteiger partial charge in [-0.2, -0.15) is 0 Å². The van der Waals surface area contributed by atoms with E-state index in [9.17, 15) is 4.79 Å². The van der Waals surface area contributed by atoms with Crippen LogP contribution in [0.25, 0.3) is 0 Å². The molecule has 0 amide bonds. The van der Waals surface area contributed by atoms with Gasteiger partial charge in [-0.15, -0.1) is 0 Å². The number of hydrogen-bond acceptors (Lipinski definition) is 3. The largest absolute Gasteiger partial charge is 0.480 e. The molecule has 0 spiro atoms. The van der Waals surface area contributed by atoms with Crippen molar-refractivity contribution in [2.75, 3.05) is 13.7 Å². The fourth-order valence-corrected chi connectivity index (χ4v) is 1.69. The molecule has 0 fully saturated rings. The Bertz CT molecular complexity index is 379. The molecule has 1 rings (SSSR count). The Morgan fingerprint density at radius 1 is 1.53 bits per heavy atom. The van der Waals surface area contributed by atoms with Crippen LogP contribution in [0.4, 0.5) is 0 Å². The summed E-state index contributed by atoms with van der Waals surface area (Å²) in [5, 5.41) is 12.0. The van der Waals surface area contributed by atoms with Gasteiger partial charge in [0.2, 0.25) is 0 Å². The van der Waals surface area contributed by atoms with Crippen LogP contribution in [0.1, 0.15) is 24.1 Å². The first-order valence-corrected chi connectivity index (χ1v) is 5.59. The quantitative estimate of drug-likeness (QED) is 0.791. The third-order valence-electron chi connectivity index (χ3n) is 2.62. The number of rotatable bonds is 6. The van der Waals surface area contributed by atoms with E-state index < -0.39 is 12.0 Å². The van der Waals surface area contributed by atoms with Gasteiger partial charge in [-0.25, -0.2) is 0 Å². The van der Waals surface area contributed by atoms with Gasteiger partial charge in [0, 0.05) is 13.2 Å². The molecule has 2 N–H and O–H groups in total. The van der Waals surface area contributed by atoms with Crippen molar-refractivity contribution < 1.29 is 14.6 Å². The summed E-state index contributed by atoms with van der Waals surface area (Å²) in [6, 6.07) is 7.30. The number of nitrogens with one attached hydrogen (secondary N) is 1. The van der Waals surface area contributed by atoms with Crippen LogP contribution in [0.15, 0.2) is 24.3 Å². The minimum atomic E-state index is -0.897. The van der Waals surface area contributed by atoms with Crippen molar-refractivity contribution in [3.63, 3.8) is 0 Å². The summed E-state index contributed by atoms with van der Waals surface area (Å²) in [6.45, 7) is 4.12. The van der Waals surface area contributed by atoms with Crippen LogP contribution in [-0.2, 0) is 9.53 Å². The highest BCUT2D eigenvalue weighted by Crippen LogP contribution is 2.14. The molecule has 0 saturated heterocycles. The van der Waals surface area contributed by atoms with Crippen molar-refractivity contribution in [3.8, 4) is 0 Å². The summed E-state index contributed by atoms with van der Waals surface area (Å²) in [5.74, 6) is -0.897. The molecule has 0 aliphatic heterocycles. The van der Waals surface area contributed by atoms with Crippen LogP contribution in [-0.4, -0.2) is 30.8 Å². The average molecular weight is 237 g/mol. The molecule has 1 unspecified atom stereocenters. The molecule has 0 radical (unpaired) electrons. The van der Waals surface area contributed by atoms with Crippen LogP contribution in [0.2, 0.25) is 0 Å². The lowest BCUT2D eigenvalue weighted by atomic mass is 10.1. The fourth-order valence-electron chi connectivity index (χ4n) is 1.69. The van der Waals surface area contributed by atoms with Crippen molar-refractivity contribution >= 4 is 5.97 Å². The van der Waals surface area contributed by atoms with Gasteiger partial charge in [-0.05, 0) is 19.4 Å². The molecule has 0 aliphatic rings. The molecule has 0 bridgehead atoms. The van der Waals surface area contributed by atoms with Crippen molar-refractivity contribution in [1.29, 1.82) is 0 Å². The Hall–Kier alpha value is -1.39. The Kier molecular flexibility index (Phi) is 5.12. The van der Waals surface area contributed by atoms with Gasteiger partial charge in [0.15, 0.2) is 0 Å². The number of carbonyl (C=O) groups is 1. The number of aryl methyl sites for hydroxylation is 1. The van der Waals surface area contributed by atoms with E-state index in [-0.39, 0.29) is 12.6 Å². The lowest BCUT2D eigenvalue weighted by Crippen LogP contribution is -2.41. The maximum absolute atomic E-state index is 11.0. The Morgan fingerprint density at radius 2 is 2.24 bits per heavy atom. The Balaban J connectivity index is 2.69. The second-order valence-corrected chi connectivity index (χ2v) is 4.15. The van der Waals surface area contributed by atoms with E-state index in [0.717, 1.165) is 11.1 Å². The van der Waals surface area contributed by atoms with Gasteiger partial charge >= 0.3 is 5.97 Å². The zero-order chi connectivity index (χ0) is 12.8. The summed E-state index contributed by atoms with van der Waals surface area (Å²) >= 11 is 0. The number of methoxy groups -OCH3 is 1. The van der Waals surface area contributed by atoms with Crippen LogP contribution in [0, 0.1) is 6.92 Å². The Labute approximate surface area is 102 Å². The molecule has 1 aromatic carbocycles. The van der Waals surface area contributed by atoms with E-state index in [0.29, 0.717) is 0 Å². The standard InChI is InChI=1S/C13H19NO3/c1-9-5-4-6-11(7-9)10(2)14-12(8-17-3)13(15)16/h4-7,10,12,14H,8H2,1-3H3,(H,15,16)/t10-,12?/m0/s1. The van der Waals surface area contributed by atoms with E-state index in [1.807, 2.05) is 38.1 Å². The molecule has 94 valence electrons. The fraction of sp³-hybridized carbons (Fsp3) is 0.462. The van der Waals surface area contributed by atoms with Gasteiger partial charge < -0.3 is 9.84 Å². The maximum atomic E-state index is 11.0. The van der Waals surface area contributed by atoms with E-state index >= 15 is 0 Å². The molecular weight excluding hydrogens is 218 g/mol. The summed E-state index contributed by atoms with van der Waals surface area (Å²) < 4.78 is 4.88. The zero-order valence-electron chi connectivity index (χ0n) is 10.4. The third-order valence-corrected chi connectivity index (χ3v) is 2.62. The van der Waals surface area contributed by atoms with Gasteiger partial charge in [-0.1, -0.05) is 29.8 Å². The van der Waals surface area contributed by atoms with E-state index in [4.69, 9.17) is 9.84 Å². The number of carboxylic acids is 1. The SMILES string of the molecule is COCC(N[C@@H](C)c1cccc(C)c1)C(=O)O. The second kappa shape index (κ2) is 6.37. The van der Waals surface area contributed by atoms with Gasteiger partial charge in [0.1, 0.15) is 6.04 Å². The summed E-state index contributed by atoms with van der Waals surface area (Å²) in [7, 11) is 1.49. The van der Waals surface area contributed by atoms with Gasteiger partial charge in [0.25, 0.3) is 0 Å². The molecule has 0 aromatic heterocycles. The molecule has 0 heterocycles. The van der Waals surface area contributed by atoms with Gasteiger partial charge in [0.05, 0.1) is 6.61 Å². The lowest BCUT2D eigenvalue weighted by Gasteiger charge is -2.20. The van der Waals surface area contributed by atoms with Crippen LogP contribution < -0.4 is 5.32 Å². The summed E-state index contributed by atoms with van der Waals surface area (Å²) in [6.07, 6.45) is 0. The lowest BCUT2D eigenvalue weighted by molar-refractivity contribution is -0.141. The highest BCUT2D eigenvalue weighted by atomic mass is 16.5. The molecule has 4 heteroatoms. The van der Waals surface area contributed by atoms with Crippen molar-refractivity contribution in [2.45, 2.75) is 25.9 Å². The molecule has 0 saturated carbocycles. The maximum Gasteiger partial charge on any atom is 0.323 e. The third kappa shape index (κ3) is 4.17. The molecule has 2 atom stereocenters. The topological polar surface area (TPSA) is 58.6 Å². The van der Waals surface area contributed by atoms with Crippen molar-refractivity contribution in [2.24, 2.45) is 0 Å². The van der Waals surface area contributed by atoms with E-state index in [2.05, 4.69) is 5.32 Å². The molecule has 0 aliphatic carbocycles. The molecule has 4 nitrogen and oxygen atoms in total. The van der Waals surface area contributed by atoms with Crippen molar-refractivity contribution in [1.82, 2.24) is 5.32 Å². The number of benzene rings is 1. The number of ether oxygens (including phenoxy) is 1. The number of hydrogen-bond donors (Lipinski definition) is 2. The number of aliphatic carboxylic acids is 1. The summed E-state index contributed by atoms with van der Waals surface area (Å²) in [4.78, 5) is 11.0. The minimum Gasteiger partial charge on any atom is -0.480 e. The van der Waals surface area contributed by atoms with Crippen LogP contribution in [0.5, 0.6) is 0 Å². The highest BCUT2D eigenvalue weighted by Gasteiger charge is 2.19. The predicted molar refractivity (Wildman–Crippen MR) is 66.0 cm³/mol. The molecule has 17 heavy (non-hydrogen) atoms. The predicted octanol–water partition coefficient (Wildman–Crippen LogP) is 1.75. The normalized spacial score (nSPS) is 14.3. The average Bonchev–Trinajstić information content (AvgIpc) is 2.28. The smallest absolute Gasteiger partial charge is 0.323 e. The highest BCUT2D eigenvalue weighted by molar-refractivity contribution is 5.73. The first kappa shape index (κ1) is 13.7. The van der Waals surface area contributed by atoms with Crippen LogP contribution >= 0.6 is 0 Å². The van der Waals surface area contributed by atoms with Crippen molar-refractivity contribution in [3.05, 3.63) is 35.4 Å². The molecule has 1 aromatic rings. The monoisotopic (exact) mass is 237 g/mol. The second-order valence-electron chi connectivity index (χ2n) is 4.15. The van der Waals surface area contributed by atoms with E-state index in [1.54, 1.807) is 0 Å². The Morgan fingerprint density at radius 3 is 2.76 bits per heavy atom. The van der Waals surface area contributed by atoms with Crippen LogP contribution in [0.3, 0.4) is 0 Å². The molecular formula is C13H19NO3.